The molecule has 3 nitrogen and oxygen atoms in total. The zero-order valence-corrected chi connectivity index (χ0v) is 11.8. The van der Waals surface area contributed by atoms with Gasteiger partial charge in [-0.1, -0.05) is 18.2 Å². The lowest BCUT2D eigenvalue weighted by Gasteiger charge is -2.26. The molecule has 1 aromatic rings. The topological polar surface area (TPSA) is 41.1 Å². The lowest BCUT2D eigenvalue weighted by atomic mass is 10.0. The van der Waals surface area contributed by atoms with Gasteiger partial charge in [0.2, 0.25) is 5.91 Å². The van der Waals surface area contributed by atoms with Crippen molar-refractivity contribution >= 4 is 23.4 Å². The molecule has 2 aliphatic heterocycles. The van der Waals surface area contributed by atoms with Crippen molar-refractivity contribution in [1.82, 2.24) is 5.32 Å². The van der Waals surface area contributed by atoms with Gasteiger partial charge in [-0.3, -0.25) is 4.79 Å². The Morgan fingerprint density at radius 2 is 1.95 bits per heavy atom. The molecule has 2 N–H and O–H groups in total. The van der Waals surface area contributed by atoms with Gasteiger partial charge in [-0.05, 0) is 48.8 Å². The molecular formula is C15H20N2OS. The van der Waals surface area contributed by atoms with E-state index in [1.54, 1.807) is 0 Å². The summed E-state index contributed by atoms with van der Waals surface area (Å²) < 4.78 is 0. The minimum Gasteiger partial charge on any atom is -0.324 e. The number of thioether (sulfide) groups is 1. The van der Waals surface area contributed by atoms with Crippen LogP contribution in [-0.2, 0) is 11.2 Å². The number of anilines is 1. The second-order valence-corrected chi connectivity index (χ2v) is 6.52. The third kappa shape index (κ3) is 3.12. The molecule has 0 spiro atoms. The van der Waals surface area contributed by atoms with Gasteiger partial charge in [0.1, 0.15) is 0 Å². The highest BCUT2D eigenvalue weighted by molar-refractivity contribution is 7.99. The Hall–Kier alpha value is -1.00. The first kappa shape index (κ1) is 13.0. The molecule has 19 heavy (non-hydrogen) atoms. The minimum absolute atomic E-state index is 0.0412. The molecule has 102 valence electrons. The molecule has 1 amide bonds. The average molecular weight is 276 g/mol. The summed E-state index contributed by atoms with van der Waals surface area (Å²) in [4.78, 5) is 12.3. The second kappa shape index (κ2) is 5.97. The Morgan fingerprint density at radius 1 is 1.16 bits per heavy atom. The number of fused-ring (bicyclic) bond motifs is 1. The summed E-state index contributed by atoms with van der Waals surface area (Å²) in [6.07, 6.45) is 4.23. The first-order chi connectivity index (χ1) is 9.33. The van der Waals surface area contributed by atoms with Gasteiger partial charge in [-0.25, -0.2) is 0 Å². The van der Waals surface area contributed by atoms with Crippen LogP contribution in [0.2, 0.25) is 0 Å². The molecule has 3 rings (SSSR count). The fraction of sp³-hybridized carbons (Fsp3) is 0.533. The number of hydrogen-bond acceptors (Lipinski definition) is 3. The SMILES string of the molecule is O=C1Nc2ccccc2CCC1NC1CCSCC1. The standard InChI is InChI=1S/C15H20N2OS/c18-15-14(16-12-7-9-19-10-8-12)6-5-11-3-1-2-4-13(11)17-15/h1-4,12,14,16H,5-10H2,(H,17,18). The van der Waals surface area contributed by atoms with Gasteiger partial charge in [-0.15, -0.1) is 0 Å². The molecule has 1 atom stereocenters. The highest BCUT2D eigenvalue weighted by atomic mass is 32.2. The summed E-state index contributed by atoms with van der Waals surface area (Å²) in [5, 5.41) is 6.61. The quantitative estimate of drug-likeness (QED) is 0.871. The zero-order valence-electron chi connectivity index (χ0n) is 11.0. The zero-order chi connectivity index (χ0) is 13.1. The van der Waals surface area contributed by atoms with E-state index in [1.165, 1.54) is 29.9 Å². The number of hydrogen-bond donors (Lipinski definition) is 2. The van der Waals surface area contributed by atoms with Crippen LogP contribution < -0.4 is 10.6 Å². The molecule has 2 aliphatic rings. The van der Waals surface area contributed by atoms with Gasteiger partial charge in [-0.2, -0.15) is 11.8 Å². The molecule has 1 fully saturated rings. The third-order valence-corrected chi connectivity index (χ3v) is 5.00. The van der Waals surface area contributed by atoms with Crippen LogP contribution in [0.3, 0.4) is 0 Å². The summed E-state index contributed by atoms with van der Waals surface area (Å²) in [5.74, 6) is 2.56. The number of carbonyl (C=O) groups excluding carboxylic acids is 1. The molecule has 0 radical (unpaired) electrons. The lowest BCUT2D eigenvalue weighted by molar-refractivity contribution is -0.118. The van der Waals surface area contributed by atoms with Crippen molar-refractivity contribution in [1.29, 1.82) is 0 Å². The highest BCUT2D eigenvalue weighted by Crippen LogP contribution is 2.23. The maximum absolute atomic E-state index is 12.3. The summed E-state index contributed by atoms with van der Waals surface area (Å²) in [7, 11) is 0. The summed E-state index contributed by atoms with van der Waals surface area (Å²) in [6, 6.07) is 8.59. The predicted octanol–water partition coefficient (Wildman–Crippen LogP) is 2.43. The fourth-order valence-corrected chi connectivity index (χ4v) is 3.93. The number of aryl methyl sites for hydroxylation is 1. The van der Waals surface area contributed by atoms with Gasteiger partial charge < -0.3 is 10.6 Å². The highest BCUT2D eigenvalue weighted by Gasteiger charge is 2.26. The van der Waals surface area contributed by atoms with Crippen LogP contribution >= 0.6 is 11.8 Å². The van der Waals surface area contributed by atoms with Crippen LogP contribution in [0.1, 0.15) is 24.8 Å². The van der Waals surface area contributed by atoms with Crippen LogP contribution in [-0.4, -0.2) is 29.5 Å². The second-order valence-electron chi connectivity index (χ2n) is 5.29. The van der Waals surface area contributed by atoms with E-state index in [2.05, 4.69) is 16.7 Å². The van der Waals surface area contributed by atoms with Crippen LogP contribution in [0.25, 0.3) is 0 Å². The number of carbonyl (C=O) groups is 1. The van der Waals surface area contributed by atoms with E-state index < -0.39 is 0 Å². The smallest absolute Gasteiger partial charge is 0.241 e. The predicted molar refractivity (Wildman–Crippen MR) is 80.7 cm³/mol. The van der Waals surface area contributed by atoms with E-state index in [0.717, 1.165) is 18.5 Å². The number of amides is 1. The Morgan fingerprint density at radius 3 is 2.79 bits per heavy atom. The molecule has 0 aliphatic carbocycles. The molecule has 1 aromatic carbocycles. The van der Waals surface area contributed by atoms with Gasteiger partial charge in [0.05, 0.1) is 6.04 Å². The number of rotatable bonds is 2. The van der Waals surface area contributed by atoms with Crippen LogP contribution in [0, 0.1) is 0 Å². The largest absolute Gasteiger partial charge is 0.324 e. The van der Waals surface area contributed by atoms with Crippen LogP contribution in [0.15, 0.2) is 24.3 Å². The van der Waals surface area contributed by atoms with E-state index in [0.29, 0.717) is 6.04 Å². The Balaban J connectivity index is 1.66. The van der Waals surface area contributed by atoms with Crippen LogP contribution in [0.5, 0.6) is 0 Å². The van der Waals surface area contributed by atoms with Crippen molar-refractivity contribution in [2.24, 2.45) is 0 Å². The molecule has 0 saturated carbocycles. The number of para-hydroxylation sites is 1. The molecule has 0 aromatic heterocycles. The van der Waals surface area contributed by atoms with Crippen molar-refractivity contribution in [2.75, 3.05) is 16.8 Å². The molecule has 4 heteroatoms. The molecule has 1 saturated heterocycles. The van der Waals surface area contributed by atoms with Crippen molar-refractivity contribution < 1.29 is 4.79 Å². The Bertz CT molecular complexity index is 457. The fourth-order valence-electron chi connectivity index (χ4n) is 2.82. The maximum atomic E-state index is 12.3. The first-order valence-corrected chi connectivity index (χ1v) is 8.21. The van der Waals surface area contributed by atoms with Crippen molar-refractivity contribution in [3.63, 3.8) is 0 Å². The molecule has 1 unspecified atom stereocenters. The Kier molecular flexibility index (Phi) is 4.09. The molecule has 2 heterocycles. The third-order valence-electron chi connectivity index (χ3n) is 3.95. The summed E-state index contributed by atoms with van der Waals surface area (Å²) in [6.45, 7) is 0. The summed E-state index contributed by atoms with van der Waals surface area (Å²) in [5.41, 5.74) is 2.23. The monoisotopic (exact) mass is 276 g/mol. The molecular weight excluding hydrogens is 256 g/mol. The lowest BCUT2D eigenvalue weighted by Crippen LogP contribution is -2.46. The van der Waals surface area contributed by atoms with Gasteiger partial charge >= 0.3 is 0 Å². The summed E-state index contributed by atoms with van der Waals surface area (Å²) >= 11 is 2.01. The van der Waals surface area contributed by atoms with Crippen molar-refractivity contribution in [2.45, 2.75) is 37.8 Å². The van der Waals surface area contributed by atoms with Gasteiger partial charge in [0.15, 0.2) is 0 Å². The maximum Gasteiger partial charge on any atom is 0.241 e. The number of nitrogens with one attached hydrogen (secondary N) is 2. The normalized spacial score (nSPS) is 24.4. The van der Waals surface area contributed by atoms with E-state index in [-0.39, 0.29) is 11.9 Å². The van der Waals surface area contributed by atoms with E-state index in [1.807, 2.05) is 30.0 Å². The van der Waals surface area contributed by atoms with E-state index in [4.69, 9.17) is 0 Å². The number of benzene rings is 1. The first-order valence-electron chi connectivity index (χ1n) is 7.05. The van der Waals surface area contributed by atoms with Crippen molar-refractivity contribution in [3.8, 4) is 0 Å². The van der Waals surface area contributed by atoms with Crippen LogP contribution in [0.4, 0.5) is 5.69 Å². The van der Waals surface area contributed by atoms with Crippen molar-refractivity contribution in [3.05, 3.63) is 29.8 Å². The van der Waals surface area contributed by atoms with E-state index >= 15 is 0 Å². The van der Waals surface area contributed by atoms with Gasteiger partial charge in [0.25, 0.3) is 0 Å². The molecule has 0 bridgehead atoms. The Labute approximate surface area is 118 Å². The van der Waals surface area contributed by atoms with E-state index in [9.17, 15) is 4.79 Å². The van der Waals surface area contributed by atoms with Gasteiger partial charge in [0, 0.05) is 11.7 Å². The minimum atomic E-state index is -0.0412. The average Bonchev–Trinajstić information content (AvgIpc) is 2.60.